The quantitative estimate of drug-likeness (QED) is 0.703. The van der Waals surface area contributed by atoms with E-state index in [1.165, 1.54) is 9.21 Å². The molecule has 1 N–H and O–H groups in total. The summed E-state index contributed by atoms with van der Waals surface area (Å²) in [7, 11) is -3.51. The van der Waals surface area contributed by atoms with Crippen molar-refractivity contribution in [3.63, 3.8) is 0 Å². The number of hydrogen-bond donors (Lipinski definition) is 1. The van der Waals surface area contributed by atoms with Gasteiger partial charge in [-0.3, -0.25) is 9.59 Å². The molecule has 2 aromatic carbocycles. The minimum Gasteiger partial charge on any atom is -0.315 e. The first kappa shape index (κ1) is 19.8. The maximum absolute atomic E-state index is 12.8. The second-order valence-electron chi connectivity index (χ2n) is 7.45. The lowest BCUT2D eigenvalue weighted by Gasteiger charge is -2.33. The Morgan fingerprint density at radius 1 is 0.897 bits per heavy atom. The van der Waals surface area contributed by atoms with Gasteiger partial charge in [-0.2, -0.15) is 4.31 Å². The predicted octanol–water partition coefficient (Wildman–Crippen LogP) is 0.0760. The number of benzene rings is 2. The Hall–Kier alpha value is -2.55. The number of likely N-dealkylation sites (tertiary alicyclic amines) is 1. The van der Waals surface area contributed by atoms with E-state index in [9.17, 15) is 18.0 Å². The summed E-state index contributed by atoms with van der Waals surface area (Å²) < 4.78 is 27.0. The van der Waals surface area contributed by atoms with Crippen molar-refractivity contribution in [2.75, 3.05) is 32.8 Å². The van der Waals surface area contributed by atoms with Gasteiger partial charge >= 0.3 is 0 Å². The summed E-state index contributed by atoms with van der Waals surface area (Å²) in [5, 5.41) is 0. The van der Waals surface area contributed by atoms with Crippen molar-refractivity contribution >= 4 is 21.8 Å². The van der Waals surface area contributed by atoms with E-state index in [0.29, 0.717) is 37.7 Å². The highest BCUT2D eigenvalue weighted by Crippen LogP contribution is 2.28. The summed E-state index contributed by atoms with van der Waals surface area (Å²) in [5.41, 5.74) is 0.863. The van der Waals surface area contributed by atoms with E-state index >= 15 is 0 Å². The highest BCUT2D eigenvalue weighted by Gasteiger charge is 2.42. The van der Waals surface area contributed by atoms with E-state index in [1.807, 2.05) is 30.3 Å². The number of carbonyl (C=O) groups is 2. The maximum Gasteiger partial charge on any atom is 0.243 e. The van der Waals surface area contributed by atoms with Gasteiger partial charge in [0.2, 0.25) is 21.8 Å². The summed E-state index contributed by atoms with van der Waals surface area (Å²) in [6, 6.07) is 17.8. The second-order valence-corrected chi connectivity index (χ2v) is 9.39. The summed E-state index contributed by atoms with van der Waals surface area (Å²) in [6.45, 7) is 2.13. The largest absolute Gasteiger partial charge is 0.315 e. The predicted molar refractivity (Wildman–Crippen MR) is 106 cm³/mol. The highest BCUT2D eigenvalue weighted by molar-refractivity contribution is 7.89. The van der Waals surface area contributed by atoms with Gasteiger partial charge in [0.25, 0.3) is 0 Å². The average molecular weight is 415 g/mol. The van der Waals surface area contributed by atoms with Crippen LogP contribution >= 0.6 is 0 Å². The standard InChI is InChI=1S/C21H23N3O4S/c25-20-15-19(17-7-3-1-4-8-17)21(26)24(20)16-22-11-13-23(14-12-22)29(27,28)18-9-5-2-6-10-18/h1-10,19H,11-16H2/p+1/t19-/m1/s1. The molecule has 29 heavy (non-hydrogen) atoms. The van der Waals surface area contributed by atoms with Crippen LogP contribution in [0.1, 0.15) is 17.9 Å². The van der Waals surface area contributed by atoms with Crippen molar-refractivity contribution in [3.8, 4) is 0 Å². The van der Waals surface area contributed by atoms with Crippen molar-refractivity contribution in [2.24, 2.45) is 0 Å². The van der Waals surface area contributed by atoms with Gasteiger partial charge in [0.15, 0.2) is 6.67 Å². The fraction of sp³-hybridized carbons (Fsp3) is 0.333. The Bertz CT molecular complexity index is 987. The van der Waals surface area contributed by atoms with E-state index in [0.717, 1.165) is 10.5 Å². The number of carbonyl (C=O) groups excluding carboxylic acids is 2. The monoisotopic (exact) mass is 414 g/mol. The molecule has 2 aliphatic heterocycles. The van der Waals surface area contributed by atoms with Crippen LogP contribution in [0.3, 0.4) is 0 Å². The van der Waals surface area contributed by atoms with E-state index < -0.39 is 15.9 Å². The summed E-state index contributed by atoms with van der Waals surface area (Å²) in [6.07, 6.45) is 0.199. The average Bonchev–Trinajstić information content (AvgIpc) is 3.04. The fourth-order valence-corrected chi connectivity index (χ4v) is 5.42. The van der Waals surface area contributed by atoms with E-state index in [-0.39, 0.29) is 18.2 Å². The Morgan fingerprint density at radius 2 is 1.48 bits per heavy atom. The third-order valence-corrected chi connectivity index (χ3v) is 7.55. The molecular formula is C21H24N3O4S+. The summed E-state index contributed by atoms with van der Waals surface area (Å²) in [5.74, 6) is -0.730. The van der Waals surface area contributed by atoms with Gasteiger partial charge in [0.1, 0.15) is 0 Å². The zero-order valence-corrected chi connectivity index (χ0v) is 16.8. The maximum atomic E-state index is 12.8. The number of hydrogen-bond acceptors (Lipinski definition) is 4. The van der Waals surface area contributed by atoms with Gasteiger partial charge in [-0.05, 0) is 17.7 Å². The van der Waals surface area contributed by atoms with Crippen molar-refractivity contribution in [1.29, 1.82) is 0 Å². The number of imide groups is 1. The van der Waals surface area contributed by atoms with Gasteiger partial charge in [-0.15, -0.1) is 0 Å². The number of nitrogens with one attached hydrogen (secondary N) is 1. The number of piperazine rings is 1. The molecule has 0 bridgehead atoms. The lowest BCUT2D eigenvalue weighted by molar-refractivity contribution is -0.910. The van der Waals surface area contributed by atoms with Crippen molar-refractivity contribution < 1.29 is 22.9 Å². The molecule has 1 atom stereocenters. The molecule has 0 radical (unpaired) electrons. The van der Waals surface area contributed by atoms with Crippen LogP contribution in [0.2, 0.25) is 0 Å². The lowest BCUT2D eigenvalue weighted by Crippen LogP contribution is -3.16. The molecule has 2 aromatic rings. The molecule has 0 unspecified atom stereocenters. The van der Waals surface area contributed by atoms with Crippen molar-refractivity contribution in [2.45, 2.75) is 17.2 Å². The minimum absolute atomic E-state index is 0.157. The lowest BCUT2D eigenvalue weighted by atomic mass is 9.98. The smallest absolute Gasteiger partial charge is 0.243 e. The van der Waals surface area contributed by atoms with E-state index in [2.05, 4.69) is 0 Å². The Balaban J connectivity index is 1.38. The molecule has 2 heterocycles. The first-order valence-corrected chi connectivity index (χ1v) is 11.2. The van der Waals surface area contributed by atoms with Crippen LogP contribution in [0, 0.1) is 0 Å². The van der Waals surface area contributed by atoms with E-state index in [4.69, 9.17) is 0 Å². The second kappa shape index (κ2) is 8.06. The molecule has 2 amide bonds. The van der Waals surface area contributed by atoms with Gasteiger partial charge in [-0.25, -0.2) is 13.3 Å². The number of rotatable bonds is 5. The zero-order chi connectivity index (χ0) is 20.4. The normalized spacial score (nSPS) is 21.7. The Kier molecular flexibility index (Phi) is 5.49. The Labute approximate surface area is 170 Å². The zero-order valence-electron chi connectivity index (χ0n) is 16.0. The first-order valence-electron chi connectivity index (χ1n) is 9.75. The molecule has 0 aliphatic carbocycles. The molecule has 8 heteroatoms. The van der Waals surface area contributed by atoms with Gasteiger partial charge < -0.3 is 4.90 Å². The van der Waals surface area contributed by atoms with Crippen LogP contribution in [0.4, 0.5) is 0 Å². The van der Waals surface area contributed by atoms with Crippen LogP contribution in [-0.2, 0) is 19.6 Å². The van der Waals surface area contributed by atoms with Crippen LogP contribution in [-0.4, -0.2) is 62.3 Å². The first-order chi connectivity index (χ1) is 14.0. The van der Waals surface area contributed by atoms with Crippen LogP contribution in [0.5, 0.6) is 0 Å². The molecule has 2 saturated heterocycles. The van der Waals surface area contributed by atoms with Crippen molar-refractivity contribution in [1.82, 2.24) is 9.21 Å². The molecule has 0 aromatic heterocycles. The molecule has 2 aliphatic rings. The van der Waals surface area contributed by atoms with Gasteiger partial charge in [0, 0.05) is 6.42 Å². The van der Waals surface area contributed by atoms with Crippen LogP contribution < -0.4 is 4.90 Å². The molecule has 4 rings (SSSR count). The van der Waals surface area contributed by atoms with Crippen LogP contribution in [0.15, 0.2) is 65.6 Å². The SMILES string of the molecule is O=C1C[C@H](c2ccccc2)C(=O)N1C[NH+]1CCN(S(=O)(=O)c2ccccc2)CC1. The van der Waals surface area contributed by atoms with Crippen molar-refractivity contribution in [3.05, 3.63) is 66.2 Å². The number of nitrogens with zero attached hydrogens (tertiary/aromatic N) is 2. The molecule has 7 nitrogen and oxygen atoms in total. The molecule has 0 spiro atoms. The molecule has 2 fully saturated rings. The third kappa shape index (κ3) is 3.96. The minimum atomic E-state index is -3.51. The molecule has 0 saturated carbocycles. The topological polar surface area (TPSA) is 79.2 Å². The van der Waals surface area contributed by atoms with Crippen LogP contribution in [0.25, 0.3) is 0 Å². The molecule has 152 valence electrons. The van der Waals surface area contributed by atoms with Gasteiger partial charge in [0.05, 0.1) is 37.0 Å². The van der Waals surface area contributed by atoms with Gasteiger partial charge in [-0.1, -0.05) is 48.5 Å². The highest BCUT2D eigenvalue weighted by atomic mass is 32.2. The third-order valence-electron chi connectivity index (χ3n) is 5.64. The summed E-state index contributed by atoms with van der Waals surface area (Å²) in [4.78, 5) is 27.9. The van der Waals surface area contributed by atoms with E-state index in [1.54, 1.807) is 30.3 Å². The number of quaternary nitrogens is 1. The number of sulfonamides is 1. The number of amides is 2. The molecular weight excluding hydrogens is 390 g/mol. The fourth-order valence-electron chi connectivity index (χ4n) is 3.96. The summed E-state index contributed by atoms with van der Waals surface area (Å²) >= 11 is 0. The Morgan fingerprint density at radius 3 is 2.10 bits per heavy atom.